The van der Waals surface area contributed by atoms with Gasteiger partial charge in [0.2, 0.25) is 17.7 Å². The number of nitrogens with two attached hydrogens (primary N) is 1. The van der Waals surface area contributed by atoms with Gasteiger partial charge in [-0.2, -0.15) is 12.6 Å². The Hall–Kier alpha value is -2.63. The first kappa shape index (κ1) is 25.4. The van der Waals surface area contributed by atoms with Crippen molar-refractivity contribution in [3.05, 3.63) is 35.9 Å². The van der Waals surface area contributed by atoms with Crippen molar-refractivity contribution in [2.75, 3.05) is 5.75 Å². The minimum Gasteiger partial charge on any atom is -0.480 e. The highest BCUT2D eigenvalue weighted by molar-refractivity contribution is 7.80. The van der Waals surface area contributed by atoms with E-state index in [0.717, 1.165) is 5.56 Å². The highest BCUT2D eigenvalue weighted by atomic mass is 32.1. The van der Waals surface area contributed by atoms with Crippen molar-refractivity contribution in [2.45, 2.75) is 50.5 Å². The van der Waals surface area contributed by atoms with E-state index in [9.17, 15) is 24.3 Å². The number of carboxylic acid groups (broad SMARTS) is 1. The Bertz CT molecular complexity index is 746. The predicted octanol–water partition coefficient (Wildman–Crippen LogP) is -1.57. The van der Waals surface area contributed by atoms with Gasteiger partial charge in [-0.15, -0.1) is 0 Å². The van der Waals surface area contributed by atoms with Gasteiger partial charge in [0.15, 0.2) is 0 Å². The minimum absolute atomic E-state index is 0.0880. The Morgan fingerprint density at radius 2 is 1.50 bits per heavy atom. The lowest BCUT2D eigenvalue weighted by Gasteiger charge is -2.24. The molecule has 0 aliphatic rings. The van der Waals surface area contributed by atoms with Crippen molar-refractivity contribution in [1.82, 2.24) is 16.0 Å². The molecular weight excluding hydrogens is 412 g/mol. The topological polar surface area (TPSA) is 171 Å². The lowest BCUT2D eigenvalue weighted by Crippen LogP contribution is -2.58. The van der Waals surface area contributed by atoms with Crippen LogP contribution in [0.5, 0.6) is 0 Å². The average Bonchev–Trinajstić information content (AvgIpc) is 2.70. The molecule has 1 rings (SSSR count). The van der Waals surface area contributed by atoms with Crippen LogP contribution in [0.3, 0.4) is 0 Å². The molecule has 0 saturated carbocycles. The summed E-state index contributed by atoms with van der Waals surface area (Å²) in [6.07, 6.45) is -1.02. The molecule has 30 heavy (non-hydrogen) atoms. The number of amides is 3. The maximum absolute atomic E-state index is 12.7. The summed E-state index contributed by atoms with van der Waals surface area (Å²) < 4.78 is 0. The van der Waals surface area contributed by atoms with Gasteiger partial charge in [0.25, 0.3) is 0 Å². The van der Waals surface area contributed by atoms with Crippen molar-refractivity contribution in [1.29, 1.82) is 0 Å². The monoisotopic (exact) mass is 440 g/mol. The molecule has 7 N–H and O–H groups in total. The molecule has 0 spiro atoms. The molecule has 0 bridgehead atoms. The van der Waals surface area contributed by atoms with Crippen LogP contribution in [0.15, 0.2) is 30.3 Å². The first-order chi connectivity index (χ1) is 14.1. The highest BCUT2D eigenvalue weighted by Gasteiger charge is 2.29. The summed E-state index contributed by atoms with van der Waals surface area (Å²) in [5.74, 6) is -3.44. The van der Waals surface area contributed by atoms with E-state index in [-0.39, 0.29) is 12.2 Å². The summed E-state index contributed by atoms with van der Waals surface area (Å²) in [5.41, 5.74) is 6.30. The number of aliphatic carboxylic acids is 1. The molecule has 0 aliphatic carbocycles. The van der Waals surface area contributed by atoms with Gasteiger partial charge in [0, 0.05) is 12.2 Å². The van der Waals surface area contributed by atoms with Crippen LogP contribution in [0.25, 0.3) is 0 Å². The number of carboxylic acids is 1. The number of thiol groups is 1. The Morgan fingerprint density at radius 3 is 2.00 bits per heavy atom. The summed E-state index contributed by atoms with van der Waals surface area (Å²) in [6.45, 7) is 2.64. The lowest BCUT2D eigenvalue weighted by atomic mass is 10.0. The molecular formula is C19H28N4O6S. The summed E-state index contributed by atoms with van der Waals surface area (Å²) in [6, 6.07) is 4.23. The zero-order valence-corrected chi connectivity index (χ0v) is 17.6. The third-order valence-corrected chi connectivity index (χ3v) is 4.65. The van der Waals surface area contributed by atoms with Gasteiger partial charge < -0.3 is 31.9 Å². The van der Waals surface area contributed by atoms with E-state index < -0.39 is 54.0 Å². The molecule has 0 saturated heterocycles. The van der Waals surface area contributed by atoms with Crippen molar-refractivity contribution >= 4 is 36.3 Å². The van der Waals surface area contributed by atoms with E-state index in [0.29, 0.717) is 0 Å². The Morgan fingerprint density at radius 1 is 0.967 bits per heavy atom. The molecule has 3 amide bonds. The number of aliphatic hydroxyl groups excluding tert-OH is 1. The van der Waals surface area contributed by atoms with E-state index in [4.69, 9.17) is 10.8 Å². The maximum Gasteiger partial charge on any atom is 0.325 e. The van der Waals surface area contributed by atoms with Crippen LogP contribution in [0, 0.1) is 0 Å². The second-order valence-electron chi connectivity index (χ2n) is 6.83. The van der Waals surface area contributed by atoms with Crippen molar-refractivity contribution in [2.24, 2.45) is 5.73 Å². The number of hydrogen-bond acceptors (Lipinski definition) is 7. The van der Waals surface area contributed by atoms with Gasteiger partial charge in [-0.05, 0) is 19.4 Å². The summed E-state index contributed by atoms with van der Waals surface area (Å²) in [4.78, 5) is 48.3. The standard InChI is InChI=1S/C19H28N4O6S/c1-10(19(28)29)21-16(25)13(8-12-6-4-3-5-7-12)22-17(26)14(9-30)23-18(27)15(20)11(2)24/h3-7,10-11,13-15,24,30H,8-9,20H2,1-2H3,(H,21,25)(H,22,26)(H,23,27)(H,28,29). The van der Waals surface area contributed by atoms with Gasteiger partial charge in [-0.25, -0.2) is 0 Å². The van der Waals surface area contributed by atoms with Crippen molar-refractivity contribution in [3.8, 4) is 0 Å². The molecule has 0 heterocycles. The number of nitrogens with one attached hydrogen (secondary N) is 3. The fraction of sp³-hybridized carbons (Fsp3) is 0.474. The van der Waals surface area contributed by atoms with Gasteiger partial charge in [0.1, 0.15) is 24.2 Å². The van der Waals surface area contributed by atoms with Crippen LogP contribution < -0.4 is 21.7 Å². The normalized spacial score (nSPS) is 15.8. The van der Waals surface area contributed by atoms with E-state index in [1.807, 2.05) is 0 Å². The molecule has 0 aliphatic heterocycles. The molecule has 5 unspecified atom stereocenters. The molecule has 1 aromatic carbocycles. The Kier molecular flexibility index (Phi) is 10.3. The van der Waals surface area contributed by atoms with Crippen molar-refractivity contribution < 1.29 is 29.4 Å². The number of carbonyl (C=O) groups excluding carboxylic acids is 3. The number of rotatable bonds is 11. The second kappa shape index (κ2) is 12.2. The summed E-state index contributed by atoms with van der Waals surface area (Å²) in [5, 5.41) is 25.7. The van der Waals surface area contributed by atoms with Crippen LogP contribution in [0.4, 0.5) is 0 Å². The number of aliphatic hydroxyl groups is 1. The number of carbonyl (C=O) groups is 4. The van der Waals surface area contributed by atoms with Crippen LogP contribution in [-0.2, 0) is 25.6 Å². The highest BCUT2D eigenvalue weighted by Crippen LogP contribution is 2.05. The van der Waals surface area contributed by atoms with E-state index in [1.54, 1.807) is 30.3 Å². The summed E-state index contributed by atoms with van der Waals surface area (Å²) >= 11 is 4.05. The number of benzene rings is 1. The molecule has 0 aromatic heterocycles. The van der Waals surface area contributed by atoms with Gasteiger partial charge in [-0.1, -0.05) is 30.3 Å². The van der Waals surface area contributed by atoms with Crippen LogP contribution >= 0.6 is 12.6 Å². The third-order valence-electron chi connectivity index (χ3n) is 4.28. The smallest absolute Gasteiger partial charge is 0.325 e. The largest absolute Gasteiger partial charge is 0.480 e. The lowest BCUT2D eigenvalue weighted by molar-refractivity contribution is -0.141. The zero-order chi connectivity index (χ0) is 22.8. The minimum atomic E-state index is -1.24. The fourth-order valence-electron chi connectivity index (χ4n) is 2.39. The Balaban J connectivity index is 2.94. The third kappa shape index (κ3) is 8.01. The molecule has 0 radical (unpaired) electrons. The van der Waals surface area contributed by atoms with Crippen molar-refractivity contribution in [3.63, 3.8) is 0 Å². The maximum atomic E-state index is 12.7. The van der Waals surface area contributed by atoms with Gasteiger partial charge in [0.05, 0.1) is 6.10 Å². The average molecular weight is 441 g/mol. The quantitative estimate of drug-likeness (QED) is 0.204. The zero-order valence-electron chi connectivity index (χ0n) is 16.7. The fourth-order valence-corrected chi connectivity index (χ4v) is 2.65. The van der Waals surface area contributed by atoms with Crippen LogP contribution in [0.1, 0.15) is 19.4 Å². The van der Waals surface area contributed by atoms with Crippen LogP contribution in [0.2, 0.25) is 0 Å². The van der Waals surface area contributed by atoms with E-state index in [1.165, 1.54) is 13.8 Å². The second-order valence-corrected chi connectivity index (χ2v) is 7.19. The molecule has 0 fully saturated rings. The van der Waals surface area contributed by atoms with Crippen LogP contribution in [-0.4, -0.2) is 69.9 Å². The van der Waals surface area contributed by atoms with E-state index >= 15 is 0 Å². The first-order valence-electron chi connectivity index (χ1n) is 9.29. The molecule has 10 nitrogen and oxygen atoms in total. The van der Waals surface area contributed by atoms with Gasteiger partial charge >= 0.3 is 5.97 Å². The Labute approximate surface area is 180 Å². The predicted molar refractivity (Wildman–Crippen MR) is 113 cm³/mol. The molecule has 166 valence electrons. The first-order valence-corrected chi connectivity index (χ1v) is 9.92. The van der Waals surface area contributed by atoms with E-state index in [2.05, 4.69) is 28.6 Å². The molecule has 5 atom stereocenters. The summed E-state index contributed by atoms with van der Waals surface area (Å²) in [7, 11) is 0. The molecule has 11 heteroatoms. The SMILES string of the molecule is CC(NC(=O)C(Cc1ccccc1)NC(=O)C(CS)NC(=O)C(N)C(C)O)C(=O)O. The van der Waals surface area contributed by atoms with Gasteiger partial charge in [-0.3, -0.25) is 19.2 Å². The molecule has 1 aromatic rings. The number of hydrogen-bond donors (Lipinski definition) is 7.